The number of anilines is 2. The number of hydrogen-bond acceptors (Lipinski definition) is 3. The van der Waals surface area contributed by atoms with Crippen molar-refractivity contribution in [1.29, 1.82) is 0 Å². The van der Waals surface area contributed by atoms with E-state index in [0.29, 0.717) is 10.6 Å². The summed E-state index contributed by atoms with van der Waals surface area (Å²) in [6.45, 7) is 2.04. The molecule has 0 aliphatic carbocycles. The summed E-state index contributed by atoms with van der Waals surface area (Å²) in [6, 6.07) is 15.5. The number of aryl methyl sites for hydroxylation is 1. The number of rotatable bonds is 2. The van der Waals surface area contributed by atoms with Gasteiger partial charge in [-0.2, -0.15) is 0 Å². The minimum Gasteiger partial charge on any atom is -0.397 e. The summed E-state index contributed by atoms with van der Waals surface area (Å²) in [5, 5.41) is 0.963. The summed E-state index contributed by atoms with van der Waals surface area (Å²) in [6.07, 6.45) is 0. The maximum Gasteiger partial charge on any atom is 0.270 e. The summed E-state index contributed by atoms with van der Waals surface area (Å²) in [5.41, 5.74) is 8.76. The Kier molecular flexibility index (Phi) is 3.39. The molecular weight excluding hydrogens is 280 g/mol. The smallest absolute Gasteiger partial charge is 0.270 e. The van der Waals surface area contributed by atoms with Crippen LogP contribution in [0.4, 0.5) is 11.4 Å². The largest absolute Gasteiger partial charge is 0.397 e. The third-order valence-electron chi connectivity index (χ3n) is 3.59. The molecule has 106 valence electrons. The van der Waals surface area contributed by atoms with Gasteiger partial charge in [-0.1, -0.05) is 36.4 Å². The number of amides is 1. The van der Waals surface area contributed by atoms with Crippen LogP contribution in [0.15, 0.2) is 48.5 Å². The van der Waals surface area contributed by atoms with Crippen molar-refractivity contribution >= 4 is 38.7 Å². The Hall–Kier alpha value is -2.33. The second-order valence-corrected chi connectivity index (χ2v) is 6.02. The maximum atomic E-state index is 12.7. The number of carbonyl (C=O) groups excluding carboxylic acids is 1. The Balaban J connectivity index is 2.06. The number of benzene rings is 2. The van der Waals surface area contributed by atoms with Crippen LogP contribution in [0.25, 0.3) is 10.1 Å². The number of thiophene rings is 1. The summed E-state index contributed by atoms with van der Waals surface area (Å²) >= 11 is 1.47. The van der Waals surface area contributed by atoms with Crippen LogP contribution < -0.4 is 10.6 Å². The van der Waals surface area contributed by atoms with E-state index in [4.69, 9.17) is 5.73 Å². The molecule has 0 fully saturated rings. The van der Waals surface area contributed by atoms with E-state index in [1.807, 2.05) is 55.5 Å². The fourth-order valence-electron chi connectivity index (χ4n) is 2.36. The van der Waals surface area contributed by atoms with Crippen molar-refractivity contribution in [2.45, 2.75) is 6.92 Å². The van der Waals surface area contributed by atoms with Gasteiger partial charge in [-0.3, -0.25) is 4.79 Å². The van der Waals surface area contributed by atoms with Crippen LogP contribution in [0.5, 0.6) is 0 Å². The van der Waals surface area contributed by atoms with E-state index in [1.165, 1.54) is 11.3 Å². The molecule has 0 saturated carbocycles. The van der Waals surface area contributed by atoms with Crippen molar-refractivity contribution in [2.24, 2.45) is 0 Å². The average molecular weight is 296 g/mol. The number of hydrogen-bond donors (Lipinski definition) is 1. The van der Waals surface area contributed by atoms with Crippen molar-refractivity contribution in [3.05, 3.63) is 59.0 Å². The first-order valence-electron chi connectivity index (χ1n) is 6.70. The highest BCUT2D eigenvalue weighted by Crippen LogP contribution is 2.36. The average Bonchev–Trinajstić information content (AvgIpc) is 2.85. The zero-order valence-electron chi connectivity index (χ0n) is 12.0. The molecule has 21 heavy (non-hydrogen) atoms. The predicted molar refractivity (Wildman–Crippen MR) is 90.1 cm³/mol. The van der Waals surface area contributed by atoms with Crippen LogP contribution in [-0.4, -0.2) is 13.0 Å². The van der Waals surface area contributed by atoms with Crippen molar-refractivity contribution in [1.82, 2.24) is 0 Å². The Morgan fingerprint density at radius 2 is 1.81 bits per heavy atom. The van der Waals surface area contributed by atoms with Gasteiger partial charge in [0, 0.05) is 22.8 Å². The number of carbonyl (C=O) groups is 1. The zero-order valence-corrected chi connectivity index (χ0v) is 12.8. The third kappa shape index (κ3) is 2.28. The molecule has 2 aromatic carbocycles. The standard InChI is InChI=1S/C17H16N2OS/c1-11-7-6-10-13-14(18)16(21-15(11)13)17(20)19(2)12-8-4-3-5-9-12/h3-10H,18H2,1-2H3. The summed E-state index contributed by atoms with van der Waals surface area (Å²) in [4.78, 5) is 14.9. The molecule has 4 heteroatoms. The van der Waals surface area contributed by atoms with E-state index < -0.39 is 0 Å². The molecule has 0 aliphatic rings. The minimum absolute atomic E-state index is 0.0701. The van der Waals surface area contributed by atoms with Gasteiger partial charge in [0.15, 0.2) is 0 Å². The molecule has 3 aromatic rings. The van der Waals surface area contributed by atoms with E-state index in [2.05, 4.69) is 0 Å². The quantitative estimate of drug-likeness (QED) is 0.775. The second-order valence-electron chi connectivity index (χ2n) is 5.00. The molecule has 1 heterocycles. The van der Waals surface area contributed by atoms with Crippen LogP contribution in [-0.2, 0) is 0 Å². The van der Waals surface area contributed by atoms with E-state index >= 15 is 0 Å². The van der Waals surface area contributed by atoms with E-state index in [1.54, 1.807) is 11.9 Å². The lowest BCUT2D eigenvalue weighted by Gasteiger charge is -2.16. The van der Waals surface area contributed by atoms with Crippen LogP contribution >= 0.6 is 11.3 Å². The molecular formula is C17H16N2OS. The topological polar surface area (TPSA) is 46.3 Å². The molecule has 0 bridgehead atoms. The van der Waals surface area contributed by atoms with E-state index in [0.717, 1.165) is 21.3 Å². The molecule has 3 nitrogen and oxygen atoms in total. The number of para-hydroxylation sites is 1. The van der Waals surface area contributed by atoms with Gasteiger partial charge in [-0.25, -0.2) is 0 Å². The Morgan fingerprint density at radius 1 is 1.10 bits per heavy atom. The fraction of sp³-hybridized carbons (Fsp3) is 0.118. The minimum atomic E-state index is -0.0701. The van der Waals surface area contributed by atoms with Gasteiger partial charge in [-0.15, -0.1) is 11.3 Å². The van der Waals surface area contributed by atoms with Crippen molar-refractivity contribution in [3.8, 4) is 0 Å². The SMILES string of the molecule is Cc1cccc2c(N)c(C(=O)N(C)c3ccccc3)sc12. The molecule has 1 aromatic heterocycles. The van der Waals surface area contributed by atoms with Gasteiger partial charge >= 0.3 is 0 Å². The third-order valence-corrected chi connectivity index (χ3v) is 4.94. The van der Waals surface area contributed by atoms with Crippen LogP contribution in [0.1, 0.15) is 15.2 Å². The van der Waals surface area contributed by atoms with Gasteiger partial charge < -0.3 is 10.6 Å². The molecule has 0 aliphatic heterocycles. The lowest BCUT2D eigenvalue weighted by Crippen LogP contribution is -2.25. The summed E-state index contributed by atoms with van der Waals surface area (Å²) in [7, 11) is 1.77. The number of nitrogen functional groups attached to an aromatic ring is 1. The summed E-state index contributed by atoms with van der Waals surface area (Å²) < 4.78 is 1.08. The van der Waals surface area contributed by atoms with Crippen molar-refractivity contribution < 1.29 is 4.79 Å². The predicted octanol–water partition coefficient (Wildman–Crippen LogP) is 4.07. The van der Waals surface area contributed by atoms with Gasteiger partial charge in [0.05, 0.1) is 5.69 Å². The van der Waals surface area contributed by atoms with Gasteiger partial charge in [0.2, 0.25) is 0 Å². The van der Waals surface area contributed by atoms with Gasteiger partial charge in [0.25, 0.3) is 5.91 Å². The second kappa shape index (κ2) is 5.22. The Bertz CT molecular complexity index is 808. The van der Waals surface area contributed by atoms with E-state index in [-0.39, 0.29) is 5.91 Å². The Labute approximate surface area is 127 Å². The lowest BCUT2D eigenvalue weighted by molar-refractivity contribution is 0.0997. The highest BCUT2D eigenvalue weighted by atomic mass is 32.1. The first kappa shape index (κ1) is 13.6. The van der Waals surface area contributed by atoms with Gasteiger partial charge in [0.1, 0.15) is 4.88 Å². The van der Waals surface area contributed by atoms with Crippen molar-refractivity contribution in [3.63, 3.8) is 0 Å². The van der Waals surface area contributed by atoms with E-state index in [9.17, 15) is 4.79 Å². The monoisotopic (exact) mass is 296 g/mol. The maximum absolute atomic E-state index is 12.7. The van der Waals surface area contributed by atoms with Crippen LogP contribution in [0.3, 0.4) is 0 Å². The molecule has 0 saturated heterocycles. The van der Waals surface area contributed by atoms with Crippen LogP contribution in [0.2, 0.25) is 0 Å². The number of nitrogens with two attached hydrogens (primary N) is 1. The molecule has 0 radical (unpaired) electrons. The highest BCUT2D eigenvalue weighted by molar-refractivity contribution is 7.21. The molecule has 2 N–H and O–H groups in total. The Morgan fingerprint density at radius 3 is 2.48 bits per heavy atom. The first-order chi connectivity index (χ1) is 10.1. The molecule has 1 amide bonds. The van der Waals surface area contributed by atoms with Crippen molar-refractivity contribution in [2.75, 3.05) is 17.7 Å². The highest BCUT2D eigenvalue weighted by Gasteiger charge is 2.21. The lowest BCUT2D eigenvalue weighted by atomic mass is 10.1. The number of fused-ring (bicyclic) bond motifs is 1. The van der Waals surface area contributed by atoms with Gasteiger partial charge in [-0.05, 0) is 24.6 Å². The summed E-state index contributed by atoms with van der Waals surface area (Å²) in [5.74, 6) is -0.0701. The zero-order chi connectivity index (χ0) is 15.0. The molecule has 0 atom stereocenters. The fourth-order valence-corrected chi connectivity index (χ4v) is 3.52. The molecule has 0 spiro atoms. The first-order valence-corrected chi connectivity index (χ1v) is 7.52. The van der Waals surface area contributed by atoms with Crippen LogP contribution in [0, 0.1) is 6.92 Å². The molecule has 3 rings (SSSR count). The number of nitrogens with zero attached hydrogens (tertiary/aromatic N) is 1. The normalized spacial score (nSPS) is 10.8. The molecule has 0 unspecified atom stereocenters.